The van der Waals surface area contributed by atoms with E-state index in [2.05, 4.69) is 15.9 Å². The van der Waals surface area contributed by atoms with Gasteiger partial charge < -0.3 is 5.11 Å². The lowest BCUT2D eigenvalue weighted by Crippen LogP contribution is -2.39. The number of carbonyl (C=O) groups is 4. The first-order valence-electron chi connectivity index (χ1n) is 12.6. The molecule has 1 saturated heterocycles. The summed E-state index contributed by atoms with van der Waals surface area (Å²) in [7, 11) is 0. The SMILES string of the molecule is CCc1ccc(N2C(=O)[C@H]3[C@H](CC=C4[C@H](c5ccc(O)cc5Cl)C5=C(C[C@H]43)C(=O)C(Br)=CC5=O)C2=O)cc1. The van der Waals surface area contributed by atoms with E-state index in [4.69, 9.17) is 11.6 Å². The van der Waals surface area contributed by atoms with Gasteiger partial charge in [0, 0.05) is 28.2 Å². The molecule has 192 valence electrons. The molecule has 0 saturated carbocycles. The summed E-state index contributed by atoms with van der Waals surface area (Å²) in [5.74, 6) is -3.47. The number of aryl methyl sites for hydroxylation is 1. The van der Waals surface area contributed by atoms with Crippen LogP contribution in [-0.4, -0.2) is 28.5 Å². The maximum absolute atomic E-state index is 13.9. The summed E-state index contributed by atoms with van der Waals surface area (Å²) >= 11 is 9.80. The Morgan fingerprint density at radius 1 is 1.03 bits per heavy atom. The van der Waals surface area contributed by atoms with Crippen LogP contribution in [0.1, 0.15) is 36.8 Å². The lowest BCUT2D eigenvalue weighted by atomic mass is 9.59. The topological polar surface area (TPSA) is 91.8 Å². The fourth-order valence-corrected chi connectivity index (χ4v) is 7.18. The number of imide groups is 1. The van der Waals surface area contributed by atoms with Crippen LogP contribution >= 0.6 is 27.5 Å². The molecule has 0 aromatic heterocycles. The van der Waals surface area contributed by atoms with Crippen LogP contribution in [-0.2, 0) is 25.6 Å². The number of fused-ring (bicyclic) bond motifs is 3. The third kappa shape index (κ3) is 3.67. The van der Waals surface area contributed by atoms with E-state index in [0.717, 1.165) is 17.6 Å². The second-order valence-corrected chi connectivity index (χ2v) is 11.4. The van der Waals surface area contributed by atoms with Crippen LogP contribution < -0.4 is 4.90 Å². The van der Waals surface area contributed by atoms with Gasteiger partial charge in [0.25, 0.3) is 0 Å². The second kappa shape index (κ2) is 9.17. The molecule has 1 heterocycles. The summed E-state index contributed by atoms with van der Waals surface area (Å²) in [5.41, 5.74) is 3.71. The number of halogens is 2. The number of Topliss-reactive ketones (excluding diaryl/α,β-unsaturated/α-hetero) is 1. The smallest absolute Gasteiger partial charge is 0.238 e. The highest BCUT2D eigenvalue weighted by Crippen LogP contribution is 2.56. The van der Waals surface area contributed by atoms with Gasteiger partial charge in [-0.3, -0.25) is 24.1 Å². The number of rotatable bonds is 3. The van der Waals surface area contributed by atoms with Gasteiger partial charge in [0.2, 0.25) is 11.8 Å². The molecule has 1 fully saturated rings. The third-order valence-corrected chi connectivity index (χ3v) is 9.15. The zero-order valence-electron chi connectivity index (χ0n) is 20.4. The maximum Gasteiger partial charge on any atom is 0.238 e. The van der Waals surface area contributed by atoms with E-state index in [1.807, 2.05) is 25.1 Å². The fraction of sp³-hybridized carbons (Fsp3) is 0.267. The van der Waals surface area contributed by atoms with E-state index >= 15 is 0 Å². The van der Waals surface area contributed by atoms with Crippen molar-refractivity contribution in [2.75, 3.05) is 4.90 Å². The van der Waals surface area contributed by atoms with E-state index in [-0.39, 0.29) is 45.1 Å². The second-order valence-electron chi connectivity index (χ2n) is 10.1. The molecular formula is C30H23BrClNO5. The highest BCUT2D eigenvalue weighted by molar-refractivity contribution is 9.12. The van der Waals surface area contributed by atoms with Crippen molar-refractivity contribution < 1.29 is 24.3 Å². The average molecular weight is 593 g/mol. The molecule has 8 heteroatoms. The van der Waals surface area contributed by atoms with Crippen molar-refractivity contribution in [3.05, 3.63) is 92.0 Å². The van der Waals surface area contributed by atoms with Crippen LogP contribution in [0.5, 0.6) is 5.75 Å². The minimum absolute atomic E-state index is 0.0204. The van der Waals surface area contributed by atoms with Gasteiger partial charge in [-0.1, -0.05) is 48.4 Å². The zero-order valence-corrected chi connectivity index (χ0v) is 22.8. The molecule has 0 radical (unpaired) electrons. The Morgan fingerprint density at radius 2 is 1.76 bits per heavy atom. The number of amides is 2. The molecule has 6 nitrogen and oxygen atoms in total. The van der Waals surface area contributed by atoms with Crippen molar-refractivity contribution in [3.63, 3.8) is 0 Å². The first-order valence-corrected chi connectivity index (χ1v) is 13.7. The van der Waals surface area contributed by atoms with Gasteiger partial charge in [0.1, 0.15) is 5.75 Å². The maximum atomic E-state index is 13.9. The predicted molar refractivity (Wildman–Crippen MR) is 146 cm³/mol. The molecule has 3 aliphatic carbocycles. The van der Waals surface area contributed by atoms with Crippen molar-refractivity contribution in [2.45, 2.75) is 32.1 Å². The molecule has 0 unspecified atom stereocenters. The van der Waals surface area contributed by atoms with Crippen LogP contribution in [0, 0.1) is 17.8 Å². The summed E-state index contributed by atoms with van der Waals surface area (Å²) in [6, 6.07) is 12.0. The molecule has 0 bridgehead atoms. The molecule has 0 spiro atoms. The number of hydrogen-bond donors (Lipinski definition) is 1. The summed E-state index contributed by atoms with van der Waals surface area (Å²) in [6.07, 6.45) is 4.60. The average Bonchev–Trinajstić information content (AvgIpc) is 3.16. The Labute approximate surface area is 232 Å². The lowest BCUT2D eigenvalue weighted by Gasteiger charge is -2.42. The molecule has 2 aromatic rings. The third-order valence-electron chi connectivity index (χ3n) is 8.23. The van der Waals surface area contributed by atoms with Crippen LogP contribution in [0.25, 0.3) is 0 Å². The van der Waals surface area contributed by atoms with Crippen molar-refractivity contribution >= 4 is 56.6 Å². The minimum atomic E-state index is -0.660. The number of ketones is 2. The standard InChI is InChI=1S/C30H23BrClNO5/c1-2-14-3-5-15(6-4-14)33-29(37)19-10-9-17-20(26(19)30(33)38)12-21-27(24(35)13-22(31)28(21)36)25(17)18-8-7-16(34)11-23(18)32/h3-9,11,13,19-20,25-26,34H,2,10,12H2,1H3/t19-,20+,25+,26-/m0/s1. The van der Waals surface area contributed by atoms with Crippen molar-refractivity contribution in [1.29, 1.82) is 0 Å². The number of anilines is 1. The van der Waals surface area contributed by atoms with Gasteiger partial charge in [-0.25, -0.2) is 0 Å². The van der Waals surface area contributed by atoms with Gasteiger partial charge >= 0.3 is 0 Å². The molecule has 1 N–H and O–H groups in total. The number of allylic oxidation sites excluding steroid dienone is 6. The predicted octanol–water partition coefficient (Wildman–Crippen LogP) is 5.57. The molecule has 2 amide bonds. The minimum Gasteiger partial charge on any atom is -0.508 e. The number of benzene rings is 2. The van der Waals surface area contributed by atoms with Crippen molar-refractivity contribution in [1.82, 2.24) is 0 Å². The molecule has 6 rings (SSSR count). The van der Waals surface area contributed by atoms with Crippen LogP contribution in [0.3, 0.4) is 0 Å². The highest BCUT2D eigenvalue weighted by Gasteiger charge is 2.56. The van der Waals surface area contributed by atoms with E-state index in [9.17, 15) is 24.3 Å². The summed E-state index contributed by atoms with van der Waals surface area (Å²) in [4.78, 5) is 55.3. The number of phenols is 1. The first-order chi connectivity index (χ1) is 18.2. The first kappa shape index (κ1) is 25.0. The monoisotopic (exact) mass is 591 g/mol. The Morgan fingerprint density at radius 3 is 2.45 bits per heavy atom. The van der Waals surface area contributed by atoms with E-state index in [0.29, 0.717) is 28.8 Å². The summed E-state index contributed by atoms with van der Waals surface area (Å²) in [6.45, 7) is 2.04. The quantitative estimate of drug-likeness (QED) is 0.286. The van der Waals surface area contributed by atoms with Crippen molar-refractivity contribution in [2.24, 2.45) is 17.8 Å². The highest BCUT2D eigenvalue weighted by atomic mass is 79.9. The Balaban J connectivity index is 1.48. The summed E-state index contributed by atoms with van der Waals surface area (Å²) in [5, 5.41) is 10.2. The van der Waals surface area contributed by atoms with E-state index < -0.39 is 23.7 Å². The molecular weight excluding hydrogens is 570 g/mol. The Hall–Kier alpha value is -3.29. The van der Waals surface area contributed by atoms with Crippen LogP contribution in [0.15, 0.2) is 75.8 Å². The van der Waals surface area contributed by atoms with Gasteiger partial charge in [0.15, 0.2) is 11.6 Å². The molecule has 4 atom stereocenters. The number of carbonyl (C=O) groups excluding carboxylic acids is 4. The fourth-order valence-electron chi connectivity index (χ4n) is 6.45. The van der Waals surface area contributed by atoms with Gasteiger partial charge in [-0.05, 0) is 76.5 Å². The van der Waals surface area contributed by atoms with Gasteiger partial charge in [0.05, 0.1) is 22.0 Å². The van der Waals surface area contributed by atoms with Crippen LogP contribution in [0.4, 0.5) is 5.69 Å². The van der Waals surface area contributed by atoms with E-state index in [1.165, 1.54) is 23.1 Å². The van der Waals surface area contributed by atoms with Gasteiger partial charge in [-0.15, -0.1) is 0 Å². The largest absolute Gasteiger partial charge is 0.508 e. The number of nitrogens with zero attached hydrogens (tertiary/aromatic N) is 1. The number of phenolic OH excluding ortho intramolecular Hbond substituents is 1. The molecule has 2 aromatic carbocycles. The normalized spacial score (nSPS) is 26.7. The number of hydrogen-bond acceptors (Lipinski definition) is 5. The molecule has 38 heavy (non-hydrogen) atoms. The summed E-state index contributed by atoms with van der Waals surface area (Å²) < 4.78 is 0.169. The zero-order chi connectivity index (χ0) is 26.9. The van der Waals surface area contributed by atoms with Crippen LogP contribution in [0.2, 0.25) is 5.02 Å². The number of aromatic hydroxyl groups is 1. The Bertz CT molecular complexity index is 1540. The molecule has 1 aliphatic heterocycles. The molecule has 4 aliphatic rings. The van der Waals surface area contributed by atoms with E-state index in [1.54, 1.807) is 18.2 Å². The van der Waals surface area contributed by atoms with Crippen molar-refractivity contribution in [3.8, 4) is 5.75 Å². The lowest BCUT2D eigenvalue weighted by molar-refractivity contribution is -0.123. The Kier molecular flexibility index (Phi) is 6.04. The van der Waals surface area contributed by atoms with Gasteiger partial charge in [-0.2, -0.15) is 0 Å².